The number of imidazole rings is 1. The average molecular weight is 446 g/mol. The Labute approximate surface area is 191 Å². The summed E-state index contributed by atoms with van der Waals surface area (Å²) in [5.41, 5.74) is 6.53. The molecule has 7 heteroatoms. The maximum absolute atomic E-state index is 12.8. The van der Waals surface area contributed by atoms with Crippen LogP contribution in [0.3, 0.4) is 0 Å². The molecule has 0 aliphatic carbocycles. The van der Waals surface area contributed by atoms with Crippen molar-refractivity contribution in [3.8, 4) is 11.3 Å². The molecule has 164 valence electrons. The highest BCUT2D eigenvalue weighted by molar-refractivity contribution is 7.20. The number of hydrogen-bond donors (Lipinski definition) is 1. The van der Waals surface area contributed by atoms with Gasteiger partial charge in [-0.2, -0.15) is 0 Å². The molecule has 1 fully saturated rings. The Hall–Kier alpha value is -3.19. The lowest BCUT2D eigenvalue weighted by molar-refractivity contribution is -0.120. The van der Waals surface area contributed by atoms with Crippen LogP contribution in [-0.2, 0) is 4.79 Å². The topological polar surface area (TPSA) is 62.5 Å². The molecule has 1 saturated heterocycles. The van der Waals surface area contributed by atoms with Crippen LogP contribution in [0.25, 0.3) is 16.2 Å². The summed E-state index contributed by atoms with van der Waals surface area (Å²) in [6.07, 6.45) is 3.64. The van der Waals surface area contributed by atoms with Gasteiger partial charge in [0.1, 0.15) is 0 Å². The fourth-order valence-corrected chi connectivity index (χ4v) is 5.07. The van der Waals surface area contributed by atoms with Crippen LogP contribution in [0, 0.1) is 26.7 Å². The maximum Gasteiger partial charge on any atom is 0.227 e. The Morgan fingerprint density at radius 2 is 1.81 bits per heavy atom. The van der Waals surface area contributed by atoms with E-state index in [-0.39, 0.29) is 11.8 Å². The number of aromatic nitrogens is 3. The molecule has 0 unspecified atom stereocenters. The molecule has 1 aliphatic heterocycles. The van der Waals surface area contributed by atoms with Crippen LogP contribution >= 0.6 is 11.3 Å². The van der Waals surface area contributed by atoms with E-state index in [1.165, 1.54) is 11.1 Å². The molecule has 1 N–H and O–H groups in total. The van der Waals surface area contributed by atoms with Crippen molar-refractivity contribution >= 4 is 33.0 Å². The van der Waals surface area contributed by atoms with E-state index in [1.807, 2.05) is 22.8 Å². The van der Waals surface area contributed by atoms with Crippen molar-refractivity contribution in [3.63, 3.8) is 0 Å². The Kier molecular flexibility index (Phi) is 5.43. The Morgan fingerprint density at radius 1 is 1.06 bits per heavy atom. The van der Waals surface area contributed by atoms with E-state index in [4.69, 9.17) is 10.1 Å². The van der Waals surface area contributed by atoms with Gasteiger partial charge < -0.3 is 10.2 Å². The molecule has 1 amide bonds. The molecular weight excluding hydrogens is 418 g/mol. The van der Waals surface area contributed by atoms with E-state index in [0.29, 0.717) is 0 Å². The monoisotopic (exact) mass is 445 g/mol. The quantitative estimate of drug-likeness (QED) is 0.467. The molecule has 0 radical (unpaired) electrons. The minimum atomic E-state index is 0.0309. The second-order valence-corrected chi connectivity index (χ2v) is 9.54. The first kappa shape index (κ1) is 20.7. The molecule has 3 heterocycles. The molecular formula is C25H27N5OS. The number of fused-ring (bicyclic) bond motifs is 1. The van der Waals surface area contributed by atoms with Crippen molar-refractivity contribution in [3.05, 3.63) is 65.4 Å². The molecule has 2 aromatic carbocycles. The zero-order chi connectivity index (χ0) is 22.2. The van der Waals surface area contributed by atoms with Crippen LogP contribution in [0.2, 0.25) is 0 Å². The van der Waals surface area contributed by atoms with Gasteiger partial charge in [-0.3, -0.25) is 4.79 Å². The highest BCUT2D eigenvalue weighted by Gasteiger charge is 2.27. The van der Waals surface area contributed by atoms with E-state index < -0.39 is 0 Å². The van der Waals surface area contributed by atoms with Crippen molar-refractivity contribution in [2.75, 3.05) is 23.3 Å². The fraction of sp³-hybridized carbons (Fsp3) is 0.320. The lowest BCUT2D eigenvalue weighted by Crippen LogP contribution is -2.38. The van der Waals surface area contributed by atoms with Gasteiger partial charge in [0.2, 0.25) is 16.0 Å². The van der Waals surface area contributed by atoms with Crippen LogP contribution in [0.5, 0.6) is 0 Å². The molecule has 0 atom stereocenters. The Balaban J connectivity index is 1.23. The van der Waals surface area contributed by atoms with E-state index in [1.54, 1.807) is 11.3 Å². The third-order valence-electron chi connectivity index (χ3n) is 6.38. The summed E-state index contributed by atoms with van der Waals surface area (Å²) in [5.74, 6) is 0.151. The maximum atomic E-state index is 12.8. The van der Waals surface area contributed by atoms with Gasteiger partial charge in [0.25, 0.3) is 0 Å². The van der Waals surface area contributed by atoms with Crippen molar-refractivity contribution in [2.24, 2.45) is 5.92 Å². The summed E-state index contributed by atoms with van der Waals surface area (Å²) in [5, 5.41) is 8.86. The average Bonchev–Trinajstić information content (AvgIpc) is 3.37. The number of benzene rings is 2. The van der Waals surface area contributed by atoms with E-state index in [2.05, 4.69) is 61.3 Å². The minimum absolute atomic E-state index is 0.0309. The van der Waals surface area contributed by atoms with Gasteiger partial charge in [-0.25, -0.2) is 9.50 Å². The third kappa shape index (κ3) is 4.00. The van der Waals surface area contributed by atoms with E-state index in [0.717, 1.165) is 58.5 Å². The second-order valence-electron chi connectivity index (χ2n) is 8.60. The minimum Gasteiger partial charge on any atom is -0.347 e. The molecule has 32 heavy (non-hydrogen) atoms. The molecule has 0 bridgehead atoms. The Morgan fingerprint density at radius 3 is 2.53 bits per heavy atom. The van der Waals surface area contributed by atoms with Crippen LogP contribution in [0.1, 0.15) is 29.5 Å². The van der Waals surface area contributed by atoms with Crippen molar-refractivity contribution in [1.29, 1.82) is 0 Å². The number of rotatable bonds is 4. The third-order valence-corrected chi connectivity index (χ3v) is 7.36. The van der Waals surface area contributed by atoms with Gasteiger partial charge in [0.15, 0.2) is 0 Å². The number of nitrogens with one attached hydrogen (secondary N) is 1. The molecule has 0 saturated carbocycles. The highest BCUT2D eigenvalue weighted by Crippen LogP contribution is 2.30. The van der Waals surface area contributed by atoms with Crippen molar-refractivity contribution in [1.82, 2.24) is 14.6 Å². The molecule has 6 nitrogen and oxygen atoms in total. The lowest BCUT2D eigenvalue weighted by Gasteiger charge is -2.30. The van der Waals surface area contributed by atoms with E-state index in [9.17, 15) is 4.79 Å². The smallest absolute Gasteiger partial charge is 0.227 e. The second kappa shape index (κ2) is 8.39. The summed E-state index contributed by atoms with van der Waals surface area (Å²) in [7, 11) is 0. The van der Waals surface area contributed by atoms with Crippen LogP contribution < -0.4 is 10.2 Å². The van der Waals surface area contributed by atoms with Crippen LogP contribution in [0.15, 0.2) is 48.7 Å². The van der Waals surface area contributed by atoms with Gasteiger partial charge in [0.05, 0.1) is 11.9 Å². The summed E-state index contributed by atoms with van der Waals surface area (Å²) in [6.45, 7) is 7.85. The predicted molar refractivity (Wildman–Crippen MR) is 131 cm³/mol. The SMILES string of the molecule is Cc1ccc(-c2cn3nc(N4CCC(C(=O)Nc5cccc(C)c5C)CC4)sc3n2)cc1. The number of carbonyl (C=O) groups is 1. The van der Waals surface area contributed by atoms with Crippen molar-refractivity contribution in [2.45, 2.75) is 33.6 Å². The van der Waals surface area contributed by atoms with Crippen LogP contribution in [0.4, 0.5) is 10.8 Å². The van der Waals surface area contributed by atoms with Gasteiger partial charge in [-0.15, -0.1) is 5.10 Å². The first-order valence-corrected chi connectivity index (χ1v) is 11.8. The van der Waals surface area contributed by atoms with Gasteiger partial charge in [-0.05, 0) is 50.8 Å². The fourth-order valence-electron chi connectivity index (χ4n) is 4.14. The number of carbonyl (C=O) groups excluding carboxylic acids is 1. The number of hydrogen-bond acceptors (Lipinski definition) is 5. The summed E-state index contributed by atoms with van der Waals surface area (Å²) >= 11 is 1.60. The normalized spacial score (nSPS) is 14.8. The highest BCUT2D eigenvalue weighted by atomic mass is 32.1. The molecule has 5 rings (SSSR count). The van der Waals surface area contributed by atoms with E-state index >= 15 is 0 Å². The summed E-state index contributed by atoms with van der Waals surface area (Å²) < 4.78 is 1.87. The first-order valence-electron chi connectivity index (χ1n) is 11.0. The first-order chi connectivity index (χ1) is 15.5. The van der Waals surface area contributed by atoms with Crippen molar-refractivity contribution < 1.29 is 4.79 Å². The largest absolute Gasteiger partial charge is 0.347 e. The number of aryl methyl sites for hydroxylation is 2. The molecule has 1 aliphatic rings. The number of amides is 1. The number of anilines is 2. The van der Waals surface area contributed by atoms with Gasteiger partial charge in [0, 0.05) is 30.3 Å². The predicted octanol–water partition coefficient (Wildman–Crippen LogP) is 5.24. The lowest BCUT2D eigenvalue weighted by atomic mass is 9.96. The summed E-state index contributed by atoms with van der Waals surface area (Å²) in [4.78, 5) is 20.7. The zero-order valence-corrected chi connectivity index (χ0v) is 19.4. The standard InChI is InChI=1S/C25H27N5OS/c1-16-7-9-19(10-8-16)22-15-30-24(27-22)32-25(28-30)29-13-11-20(12-14-29)23(31)26-21-6-4-5-17(2)18(21)3/h4-10,15,20H,11-14H2,1-3H3,(H,26,31). The van der Waals surface area contributed by atoms with Crippen LogP contribution in [-0.4, -0.2) is 33.6 Å². The summed E-state index contributed by atoms with van der Waals surface area (Å²) in [6, 6.07) is 14.4. The number of nitrogens with zero attached hydrogens (tertiary/aromatic N) is 4. The zero-order valence-electron chi connectivity index (χ0n) is 18.6. The molecule has 4 aromatic rings. The number of piperidine rings is 1. The van der Waals surface area contributed by atoms with Gasteiger partial charge >= 0.3 is 0 Å². The Bertz CT molecular complexity index is 1230. The molecule has 2 aromatic heterocycles. The molecule has 0 spiro atoms. The van der Waals surface area contributed by atoms with Gasteiger partial charge in [-0.1, -0.05) is 53.3 Å².